The predicted molar refractivity (Wildman–Crippen MR) is 93.8 cm³/mol. The first-order chi connectivity index (χ1) is 11.1. The molecule has 5 heteroatoms. The lowest BCUT2D eigenvalue weighted by Crippen LogP contribution is -2.28. The lowest BCUT2D eigenvalue weighted by Gasteiger charge is -2.08. The summed E-state index contributed by atoms with van der Waals surface area (Å²) in [6.45, 7) is 5.20. The molecule has 23 heavy (non-hydrogen) atoms. The third-order valence-electron chi connectivity index (χ3n) is 3.75. The number of hydrogen-bond donors (Lipinski definition) is 1. The van der Waals surface area contributed by atoms with Crippen LogP contribution >= 0.6 is 11.3 Å². The zero-order chi connectivity index (χ0) is 16.2. The highest BCUT2D eigenvalue weighted by Crippen LogP contribution is 2.23. The molecule has 3 rings (SSSR count). The number of nitrogens with zero attached hydrogens (tertiary/aromatic N) is 2. The number of hydrogen-bond acceptors (Lipinski definition) is 3. The molecule has 0 atom stereocenters. The SMILES string of the molecule is Cc1ccccc1C(=O)NCCn1nc(-c2cccs2)cc1C. The van der Waals surface area contributed by atoms with Crippen molar-refractivity contribution in [2.75, 3.05) is 6.54 Å². The minimum absolute atomic E-state index is 0.0358. The summed E-state index contributed by atoms with van der Waals surface area (Å²) in [7, 11) is 0. The number of rotatable bonds is 5. The smallest absolute Gasteiger partial charge is 0.251 e. The van der Waals surface area contributed by atoms with Crippen molar-refractivity contribution in [1.29, 1.82) is 0 Å². The van der Waals surface area contributed by atoms with Crippen molar-refractivity contribution < 1.29 is 4.79 Å². The Kier molecular flexibility index (Phi) is 4.57. The van der Waals surface area contributed by atoms with Gasteiger partial charge < -0.3 is 5.32 Å². The molecule has 2 aromatic heterocycles. The van der Waals surface area contributed by atoms with E-state index in [1.165, 1.54) is 0 Å². The number of thiophene rings is 1. The maximum absolute atomic E-state index is 12.2. The molecule has 0 aliphatic rings. The lowest BCUT2D eigenvalue weighted by atomic mass is 10.1. The molecule has 0 saturated heterocycles. The summed E-state index contributed by atoms with van der Waals surface area (Å²) in [5.74, 6) is -0.0358. The first kappa shape index (κ1) is 15.5. The van der Waals surface area contributed by atoms with E-state index in [4.69, 9.17) is 0 Å². The van der Waals surface area contributed by atoms with Crippen LogP contribution in [0.25, 0.3) is 10.6 Å². The van der Waals surface area contributed by atoms with E-state index in [0.29, 0.717) is 13.1 Å². The zero-order valence-electron chi connectivity index (χ0n) is 13.2. The first-order valence-corrected chi connectivity index (χ1v) is 8.45. The van der Waals surface area contributed by atoms with E-state index in [1.807, 2.05) is 54.2 Å². The first-order valence-electron chi connectivity index (χ1n) is 7.57. The van der Waals surface area contributed by atoms with Crippen molar-refractivity contribution in [2.45, 2.75) is 20.4 Å². The molecule has 4 nitrogen and oxygen atoms in total. The molecule has 2 heterocycles. The van der Waals surface area contributed by atoms with E-state index in [0.717, 1.165) is 27.4 Å². The summed E-state index contributed by atoms with van der Waals surface area (Å²) in [6, 6.07) is 13.8. The quantitative estimate of drug-likeness (QED) is 0.778. The van der Waals surface area contributed by atoms with Gasteiger partial charge in [0.15, 0.2) is 0 Å². The molecule has 0 saturated carbocycles. The maximum Gasteiger partial charge on any atom is 0.251 e. The van der Waals surface area contributed by atoms with Crippen LogP contribution in [-0.4, -0.2) is 22.2 Å². The zero-order valence-corrected chi connectivity index (χ0v) is 14.1. The molecule has 0 unspecified atom stereocenters. The van der Waals surface area contributed by atoms with Crippen LogP contribution in [0, 0.1) is 13.8 Å². The molecule has 1 aromatic carbocycles. The van der Waals surface area contributed by atoms with Gasteiger partial charge in [-0.15, -0.1) is 11.3 Å². The van der Waals surface area contributed by atoms with Gasteiger partial charge in [0.25, 0.3) is 5.91 Å². The van der Waals surface area contributed by atoms with E-state index in [9.17, 15) is 4.79 Å². The molecule has 3 aromatic rings. The highest BCUT2D eigenvalue weighted by molar-refractivity contribution is 7.13. The molecule has 0 bridgehead atoms. The number of carbonyl (C=O) groups excluding carboxylic acids is 1. The summed E-state index contributed by atoms with van der Waals surface area (Å²) >= 11 is 1.68. The van der Waals surface area contributed by atoms with Crippen molar-refractivity contribution in [3.8, 4) is 10.6 Å². The van der Waals surface area contributed by atoms with E-state index in [-0.39, 0.29) is 5.91 Å². The van der Waals surface area contributed by atoms with Crippen LogP contribution in [0.4, 0.5) is 0 Å². The largest absolute Gasteiger partial charge is 0.350 e. The molecule has 0 spiro atoms. The Morgan fingerprint density at radius 1 is 1.22 bits per heavy atom. The monoisotopic (exact) mass is 325 g/mol. The Balaban J connectivity index is 1.61. The Labute approximate surface area is 139 Å². The lowest BCUT2D eigenvalue weighted by molar-refractivity contribution is 0.0951. The van der Waals surface area contributed by atoms with Gasteiger partial charge in [-0.2, -0.15) is 5.10 Å². The van der Waals surface area contributed by atoms with Gasteiger partial charge in [0, 0.05) is 17.8 Å². The normalized spacial score (nSPS) is 10.7. The van der Waals surface area contributed by atoms with Crippen molar-refractivity contribution in [3.05, 3.63) is 64.7 Å². The standard InChI is InChI=1S/C18H19N3OS/c1-13-6-3-4-7-15(13)18(22)19-9-10-21-14(2)12-16(20-21)17-8-5-11-23-17/h3-8,11-12H,9-10H2,1-2H3,(H,19,22). The molecule has 0 fully saturated rings. The van der Waals surface area contributed by atoms with Gasteiger partial charge in [0.1, 0.15) is 5.69 Å². The molecule has 0 radical (unpaired) electrons. The van der Waals surface area contributed by atoms with Crippen LogP contribution in [-0.2, 0) is 6.54 Å². The second-order valence-electron chi connectivity index (χ2n) is 5.44. The van der Waals surface area contributed by atoms with Gasteiger partial charge in [0.2, 0.25) is 0 Å². The van der Waals surface area contributed by atoms with Crippen LogP contribution in [0.15, 0.2) is 47.8 Å². The molecule has 1 amide bonds. The van der Waals surface area contributed by atoms with Gasteiger partial charge >= 0.3 is 0 Å². The minimum Gasteiger partial charge on any atom is -0.350 e. The van der Waals surface area contributed by atoms with Gasteiger partial charge in [-0.1, -0.05) is 24.3 Å². The number of aromatic nitrogens is 2. The summed E-state index contributed by atoms with van der Waals surface area (Å²) in [4.78, 5) is 13.4. The van der Waals surface area contributed by atoms with E-state index in [2.05, 4.69) is 22.5 Å². The number of amides is 1. The summed E-state index contributed by atoms with van der Waals surface area (Å²) < 4.78 is 1.94. The number of aryl methyl sites for hydroxylation is 2. The summed E-state index contributed by atoms with van der Waals surface area (Å²) in [5, 5.41) is 9.63. The van der Waals surface area contributed by atoms with Crippen LogP contribution in [0.3, 0.4) is 0 Å². The van der Waals surface area contributed by atoms with Crippen molar-refractivity contribution in [1.82, 2.24) is 15.1 Å². The van der Waals surface area contributed by atoms with Gasteiger partial charge in [-0.3, -0.25) is 9.48 Å². The molecule has 1 N–H and O–H groups in total. The maximum atomic E-state index is 12.2. The van der Waals surface area contributed by atoms with Crippen molar-refractivity contribution in [3.63, 3.8) is 0 Å². The Morgan fingerprint density at radius 3 is 2.78 bits per heavy atom. The summed E-state index contributed by atoms with van der Waals surface area (Å²) in [6.07, 6.45) is 0. The Bertz CT molecular complexity index is 806. The van der Waals surface area contributed by atoms with Crippen LogP contribution in [0.2, 0.25) is 0 Å². The second-order valence-corrected chi connectivity index (χ2v) is 6.39. The average molecular weight is 325 g/mol. The molecule has 0 aliphatic carbocycles. The van der Waals surface area contributed by atoms with Crippen LogP contribution in [0.1, 0.15) is 21.6 Å². The van der Waals surface area contributed by atoms with Gasteiger partial charge in [0.05, 0.1) is 11.4 Å². The van der Waals surface area contributed by atoms with E-state index >= 15 is 0 Å². The third kappa shape index (κ3) is 3.51. The van der Waals surface area contributed by atoms with Crippen LogP contribution in [0.5, 0.6) is 0 Å². The number of benzene rings is 1. The van der Waals surface area contributed by atoms with E-state index < -0.39 is 0 Å². The molecular formula is C18H19N3OS. The second kappa shape index (κ2) is 6.79. The van der Waals surface area contributed by atoms with Crippen molar-refractivity contribution in [2.24, 2.45) is 0 Å². The topological polar surface area (TPSA) is 46.9 Å². The average Bonchev–Trinajstić information content (AvgIpc) is 3.18. The van der Waals surface area contributed by atoms with Gasteiger partial charge in [-0.25, -0.2) is 0 Å². The molecule has 118 valence electrons. The third-order valence-corrected chi connectivity index (χ3v) is 4.65. The minimum atomic E-state index is -0.0358. The highest BCUT2D eigenvalue weighted by Gasteiger charge is 2.09. The fraction of sp³-hybridized carbons (Fsp3) is 0.222. The van der Waals surface area contributed by atoms with Gasteiger partial charge in [-0.05, 0) is 43.0 Å². The Morgan fingerprint density at radius 2 is 2.04 bits per heavy atom. The Hall–Kier alpha value is -2.40. The molecule has 0 aliphatic heterocycles. The van der Waals surface area contributed by atoms with Crippen LogP contribution < -0.4 is 5.32 Å². The fourth-order valence-electron chi connectivity index (χ4n) is 2.48. The predicted octanol–water partition coefficient (Wildman–Crippen LogP) is 3.66. The molecular weight excluding hydrogens is 306 g/mol. The number of nitrogens with one attached hydrogen (secondary N) is 1. The number of carbonyl (C=O) groups is 1. The fourth-order valence-corrected chi connectivity index (χ4v) is 3.16. The summed E-state index contributed by atoms with van der Waals surface area (Å²) in [5.41, 5.74) is 3.80. The van der Waals surface area contributed by atoms with E-state index in [1.54, 1.807) is 11.3 Å². The van der Waals surface area contributed by atoms with Crippen molar-refractivity contribution >= 4 is 17.2 Å². The highest BCUT2D eigenvalue weighted by atomic mass is 32.1.